The first kappa shape index (κ1) is 21.3. The number of anilines is 1. The summed E-state index contributed by atoms with van der Waals surface area (Å²) in [6.07, 6.45) is 1.76. The van der Waals surface area contributed by atoms with Crippen LogP contribution in [0.3, 0.4) is 0 Å². The number of carbonyl (C=O) groups excluding carboxylic acids is 2. The van der Waals surface area contributed by atoms with Crippen LogP contribution in [0, 0.1) is 0 Å². The maximum atomic E-state index is 12.6. The number of benzene rings is 1. The molecular weight excluding hydrogens is 388 g/mol. The van der Waals surface area contributed by atoms with E-state index in [0.717, 1.165) is 41.9 Å². The van der Waals surface area contributed by atoms with Gasteiger partial charge in [0.15, 0.2) is 5.13 Å². The fraction of sp³-hybridized carbons (Fsp3) is 0.476. The molecule has 0 radical (unpaired) electrons. The number of aromatic nitrogens is 1. The molecule has 1 aromatic heterocycles. The Hall–Kier alpha value is -2.45. The minimum absolute atomic E-state index is 0.0961. The zero-order chi connectivity index (χ0) is 20.8. The van der Waals surface area contributed by atoms with Gasteiger partial charge in [-0.2, -0.15) is 0 Å². The summed E-state index contributed by atoms with van der Waals surface area (Å²) in [6, 6.07) is 9.66. The predicted molar refractivity (Wildman–Crippen MR) is 114 cm³/mol. The van der Waals surface area contributed by atoms with Crippen molar-refractivity contribution in [3.63, 3.8) is 0 Å². The van der Waals surface area contributed by atoms with Gasteiger partial charge < -0.3 is 20.3 Å². The van der Waals surface area contributed by atoms with Crippen LogP contribution in [-0.4, -0.2) is 49.1 Å². The van der Waals surface area contributed by atoms with Crippen molar-refractivity contribution in [2.45, 2.75) is 38.2 Å². The van der Waals surface area contributed by atoms with Crippen LogP contribution in [0.1, 0.15) is 47.9 Å². The number of nitrogens with one attached hydrogen (secondary N) is 2. The fourth-order valence-electron chi connectivity index (χ4n) is 3.21. The SMILES string of the molecule is CC(C(=O)Nc1nc2c(s1)CCCC2OC(=O)NCCN(C)C)c1ccccc1. The van der Waals surface area contributed by atoms with Crippen molar-refractivity contribution in [2.75, 3.05) is 32.5 Å². The van der Waals surface area contributed by atoms with Crippen LogP contribution in [0.25, 0.3) is 0 Å². The minimum Gasteiger partial charge on any atom is -0.440 e. The van der Waals surface area contributed by atoms with Crippen LogP contribution < -0.4 is 10.6 Å². The zero-order valence-corrected chi connectivity index (χ0v) is 17.9. The van der Waals surface area contributed by atoms with Crippen molar-refractivity contribution in [1.82, 2.24) is 15.2 Å². The number of amides is 2. The second-order valence-electron chi connectivity index (χ2n) is 7.47. The molecule has 0 bridgehead atoms. The molecule has 1 aliphatic carbocycles. The molecule has 0 aliphatic heterocycles. The van der Waals surface area contributed by atoms with E-state index in [1.54, 1.807) is 0 Å². The molecule has 3 rings (SSSR count). The molecule has 8 heteroatoms. The number of fused-ring (bicyclic) bond motifs is 1. The van der Waals surface area contributed by atoms with Gasteiger partial charge in [-0.25, -0.2) is 9.78 Å². The molecule has 0 fully saturated rings. The average molecular weight is 417 g/mol. The molecule has 1 aromatic carbocycles. The molecular formula is C21H28N4O3S. The van der Waals surface area contributed by atoms with Gasteiger partial charge in [0.05, 0.1) is 11.6 Å². The molecule has 7 nitrogen and oxygen atoms in total. The molecule has 0 saturated carbocycles. The Bertz CT molecular complexity index is 838. The summed E-state index contributed by atoms with van der Waals surface area (Å²) < 4.78 is 5.60. The van der Waals surface area contributed by atoms with E-state index in [4.69, 9.17) is 4.74 Å². The summed E-state index contributed by atoms with van der Waals surface area (Å²) in [4.78, 5) is 32.3. The Labute approximate surface area is 175 Å². The first-order valence-corrected chi connectivity index (χ1v) is 10.7. The number of nitrogens with zero attached hydrogens (tertiary/aromatic N) is 2. The number of aryl methyl sites for hydroxylation is 1. The Morgan fingerprint density at radius 1 is 1.31 bits per heavy atom. The van der Waals surface area contributed by atoms with Crippen molar-refractivity contribution in [1.29, 1.82) is 0 Å². The lowest BCUT2D eigenvalue weighted by Crippen LogP contribution is -2.33. The molecule has 156 valence electrons. The van der Waals surface area contributed by atoms with Gasteiger partial charge in [-0.05, 0) is 45.8 Å². The summed E-state index contributed by atoms with van der Waals surface area (Å²) in [5.74, 6) is -0.368. The van der Waals surface area contributed by atoms with Crippen LogP contribution in [-0.2, 0) is 16.0 Å². The van der Waals surface area contributed by atoms with Crippen molar-refractivity contribution in [3.05, 3.63) is 46.5 Å². The van der Waals surface area contributed by atoms with E-state index < -0.39 is 6.09 Å². The number of likely N-dealkylation sites (N-methyl/N-ethyl adjacent to an activating group) is 1. The Kier molecular flexibility index (Phi) is 7.22. The van der Waals surface area contributed by atoms with E-state index in [-0.39, 0.29) is 17.9 Å². The summed E-state index contributed by atoms with van der Waals surface area (Å²) >= 11 is 1.47. The van der Waals surface area contributed by atoms with Crippen molar-refractivity contribution < 1.29 is 14.3 Å². The van der Waals surface area contributed by atoms with Crippen LogP contribution >= 0.6 is 11.3 Å². The van der Waals surface area contributed by atoms with E-state index in [9.17, 15) is 9.59 Å². The smallest absolute Gasteiger partial charge is 0.407 e. The number of hydrogen-bond donors (Lipinski definition) is 2. The Morgan fingerprint density at radius 2 is 2.07 bits per heavy atom. The van der Waals surface area contributed by atoms with Crippen molar-refractivity contribution in [3.8, 4) is 0 Å². The van der Waals surface area contributed by atoms with E-state index in [1.165, 1.54) is 11.3 Å². The highest BCUT2D eigenvalue weighted by Gasteiger charge is 2.28. The van der Waals surface area contributed by atoms with Gasteiger partial charge in [0, 0.05) is 18.0 Å². The first-order chi connectivity index (χ1) is 13.9. The third-order valence-electron chi connectivity index (χ3n) is 4.90. The normalized spacial score (nSPS) is 16.8. The molecule has 2 N–H and O–H groups in total. The topological polar surface area (TPSA) is 83.6 Å². The number of ether oxygens (including phenoxy) is 1. The summed E-state index contributed by atoms with van der Waals surface area (Å²) in [5.41, 5.74) is 1.73. The van der Waals surface area contributed by atoms with Gasteiger partial charge in [-0.15, -0.1) is 11.3 Å². The first-order valence-electron chi connectivity index (χ1n) is 9.88. The second kappa shape index (κ2) is 9.84. The summed E-state index contributed by atoms with van der Waals surface area (Å²) in [5, 5.41) is 6.25. The Morgan fingerprint density at radius 3 is 2.79 bits per heavy atom. The molecule has 2 atom stereocenters. The van der Waals surface area contributed by atoms with Crippen molar-refractivity contribution >= 4 is 28.5 Å². The van der Waals surface area contributed by atoms with Crippen LogP contribution in [0.2, 0.25) is 0 Å². The number of alkyl carbamates (subject to hydrolysis) is 1. The lowest BCUT2D eigenvalue weighted by molar-refractivity contribution is -0.117. The highest BCUT2D eigenvalue weighted by Crippen LogP contribution is 2.37. The summed E-state index contributed by atoms with van der Waals surface area (Å²) in [6.45, 7) is 3.15. The van der Waals surface area contributed by atoms with Gasteiger partial charge in [0.1, 0.15) is 6.10 Å². The number of thiazole rings is 1. The molecule has 1 heterocycles. The zero-order valence-electron chi connectivity index (χ0n) is 17.1. The minimum atomic E-state index is -0.430. The van der Waals surface area contributed by atoms with Crippen molar-refractivity contribution in [2.24, 2.45) is 0 Å². The standard InChI is InChI=1S/C21H28N4O3S/c1-14(15-8-5-4-6-9-15)19(26)24-20-23-18-16(10-7-11-17(18)29-20)28-21(27)22-12-13-25(2)3/h4-6,8-9,14,16H,7,10-13H2,1-3H3,(H,22,27)(H,23,24,26). The molecule has 2 unspecified atom stereocenters. The number of hydrogen-bond acceptors (Lipinski definition) is 6. The fourth-order valence-corrected chi connectivity index (χ4v) is 4.26. The van der Waals surface area contributed by atoms with Gasteiger partial charge in [0.25, 0.3) is 0 Å². The third-order valence-corrected chi connectivity index (χ3v) is 5.95. The largest absolute Gasteiger partial charge is 0.440 e. The van der Waals surface area contributed by atoms with Gasteiger partial charge in [0.2, 0.25) is 5.91 Å². The highest BCUT2D eigenvalue weighted by atomic mass is 32.1. The number of carbonyl (C=O) groups is 2. The molecule has 0 saturated heterocycles. The van der Waals surface area contributed by atoms with Crippen LogP contribution in [0.4, 0.5) is 9.93 Å². The van der Waals surface area contributed by atoms with E-state index in [2.05, 4.69) is 15.6 Å². The Balaban J connectivity index is 1.61. The maximum absolute atomic E-state index is 12.6. The highest BCUT2D eigenvalue weighted by molar-refractivity contribution is 7.15. The van der Waals surface area contributed by atoms with E-state index in [0.29, 0.717) is 11.7 Å². The average Bonchev–Trinajstić information content (AvgIpc) is 3.11. The number of rotatable bonds is 7. The van der Waals surface area contributed by atoms with Crippen LogP contribution in [0.5, 0.6) is 0 Å². The van der Waals surface area contributed by atoms with E-state index >= 15 is 0 Å². The third kappa shape index (κ3) is 5.77. The molecule has 29 heavy (non-hydrogen) atoms. The van der Waals surface area contributed by atoms with E-state index in [1.807, 2.05) is 56.3 Å². The van der Waals surface area contributed by atoms with Gasteiger partial charge >= 0.3 is 6.09 Å². The predicted octanol–water partition coefficient (Wildman–Crippen LogP) is 3.55. The lowest BCUT2D eigenvalue weighted by Gasteiger charge is -2.21. The second-order valence-corrected chi connectivity index (χ2v) is 8.55. The summed E-state index contributed by atoms with van der Waals surface area (Å²) in [7, 11) is 3.90. The molecule has 1 aliphatic rings. The molecule has 0 spiro atoms. The van der Waals surface area contributed by atoms with Crippen LogP contribution in [0.15, 0.2) is 30.3 Å². The monoisotopic (exact) mass is 416 g/mol. The lowest BCUT2D eigenvalue weighted by atomic mass is 10.00. The molecule has 2 amide bonds. The quantitative estimate of drug-likeness (QED) is 0.721. The molecule has 2 aromatic rings. The van der Waals surface area contributed by atoms with Gasteiger partial charge in [-0.3, -0.25) is 4.79 Å². The maximum Gasteiger partial charge on any atom is 0.407 e. The van der Waals surface area contributed by atoms with Gasteiger partial charge in [-0.1, -0.05) is 30.3 Å².